The normalized spacial score (nSPS) is 14.7. The predicted octanol–water partition coefficient (Wildman–Crippen LogP) is 11.1. The fraction of sp³-hybridized carbons (Fsp3) is 0.884. The summed E-state index contributed by atoms with van der Waals surface area (Å²) >= 11 is 0. The van der Waals surface area contributed by atoms with E-state index in [1.807, 2.05) is 27.2 Å². The van der Waals surface area contributed by atoms with Gasteiger partial charge >= 0.3 is 0 Å². The van der Waals surface area contributed by atoms with Gasteiger partial charge in [-0.25, -0.2) is 0 Å². The van der Waals surface area contributed by atoms with Gasteiger partial charge in [-0.3, -0.25) is 9.36 Å². The molecule has 0 aliphatic heterocycles. The third kappa shape index (κ3) is 37.3. The van der Waals surface area contributed by atoms with Crippen molar-refractivity contribution in [2.45, 2.75) is 206 Å². The first kappa shape index (κ1) is 51.0. The summed E-state index contributed by atoms with van der Waals surface area (Å²) in [7, 11) is 1.26. The zero-order valence-corrected chi connectivity index (χ0v) is 35.7. The van der Waals surface area contributed by atoms with Gasteiger partial charge in [0, 0.05) is 6.42 Å². The van der Waals surface area contributed by atoms with Crippen LogP contribution in [0.2, 0.25) is 0 Å². The molecule has 0 aliphatic rings. The van der Waals surface area contributed by atoms with Crippen molar-refractivity contribution < 1.29 is 32.9 Å². The van der Waals surface area contributed by atoms with Crippen molar-refractivity contribution in [2.24, 2.45) is 0 Å². The number of carbonyl (C=O) groups excluding carboxylic acids is 1. The lowest BCUT2D eigenvalue weighted by Gasteiger charge is -2.29. The number of aliphatic hydroxyl groups excluding tert-OH is 1. The highest BCUT2D eigenvalue weighted by molar-refractivity contribution is 7.45. The SMILES string of the molecule is CCCCCC/C=C/CCCCCCCC(=O)N[C@@H](COP(=O)([O-])OCC[N+](C)(C)C)[C@H](O)/C=C/CCCCCCCCCCCCCCCCC. The molecule has 0 saturated heterocycles. The van der Waals surface area contributed by atoms with E-state index in [9.17, 15) is 19.4 Å². The van der Waals surface area contributed by atoms with Crippen LogP contribution in [0.5, 0.6) is 0 Å². The zero-order valence-electron chi connectivity index (χ0n) is 34.8. The Morgan fingerprint density at radius 1 is 0.654 bits per heavy atom. The van der Waals surface area contributed by atoms with Crippen molar-refractivity contribution in [1.29, 1.82) is 0 Å². The van der Waals surface area contributed by atoms with Gasteiger partial charge in [0.2, 0.25) is 5.91 Å². The largest absolute Gasteiger partial charge is 0.756 e. The highest BCUT2D eigenvalue weighted by Crippen LogP contribution is 2.38. The number of phosphoric acid groups is 1. The van der Waals surface area contributed by atoms with Gasteiger partial charge in [0.15, 0.2) is 0 Å². The third-order valence-electron chi connectivity index (χ3n) is 9.66. The maximum absolute atomic E-state index is 12.8. The molecule has 0 aromatic heterocycles. The molecule has 1 unspecified atom stereocenters. The minimum atomic E-state index is -4.58. The predicted molar refractivity (Wildman–Crippen MR) is 219 cm³/mol. The lowest BCUT2D eigenvalue weighted by atomic mass is 10.0. The Kier molecular flexibility index (Phi) is 35.0. The standard InChI is InChI=1S/C43H85N2O6P/c1-6-8-10-12-14-16-18-20-21-22-23-25-26-28-30-32-34-36-42(46)41(40-51-52(48,49)50-39-38-45(3,4)5)44-43(47)37-35-33-31-29-27-24-19-17-15-13-11-9-7-2/h17,19,34,36,41-42,46H,6-16,18,20-33,35,37-40H2,1-5H3,(H-,44,47,48,49)/b19-17+,36-34+/t41-,42+/m0/s1. The van der Waals surface area contributed by atoms with Crippen LogP contribution < -0.4 is 10.2 Å². The molecule has 0 aliphatic carbocycles. The van der Waals surface area contributed by atoms with Crippen LogP contribution in [-0.2, 0) is 18.4 Å². The molecule has 9 heteroatoms. The topological polar surface area (TPSA) is 108 Å². The number of aliphatic hydroxyl groups is 1. The summed E-state index contributed by atoms with van der Waals surface area (Å²) in [5.74, 6) is -0.207. The number of nitrogens with zero attached hydrogens (tertiary/aromatic N) is 1. The smallest absolute Gasteiger partial charge is 0.268 e. The fourth-order valence-corrected chi connectivity index (χ4v) is 6.87. The van der Waals surface area contributed by atoms with Gasteiger partial charge in [0.05, 0.1) is 39.9 Å². The van der Waals surface area contributed by atoms with Gasteiger partial charge in [0.1, 0.15) is 13.2 Å². The van der Waals surface area contributed by atoms with E-state index in [1.165, 1.54) is 122 Å². The molecule has 0 saturated carbocycles. The molecule has 3 atom stereocenters. The number of hydrogen-bond donors (Lipinski definition) is 2. The van der Waals surface area contributed by atoms with Crippen molar-refractivity contribution in [3.63, 3.8) is 0 Å². The number of phosphoric ester groups is 1. The average molecular weight is 757 g/mol. The molecule has 1 amide bonds. The first-order valence-corrected chi connectivity index (χ1v) is 23.2. The number of likely N-dealkylation sites (N-methyl/N-ethyl adjacent to an activating group) is 1. The van der Waals surface area contributed by atoms with Crippen LogP contribution in [0.15, 0.2) is 24.3 Å². The Labute approximate surface area is 322 Å². The maximum Gasteiger partial charge on any atom is 0.268 e. The Hall–Kier alpha value is -1.02. The Bertz CT molecular complexity index is 907. The van der Waals surface area contributed by atoms with E-state index in [4.69, 9.17) is 9.05 Å². The summed E-state index contributed by atoms with van der Waals surface area (Å²) in [5, 5.41) is 13.8. The van der Waals surface area contributed by atoms with Crippen molar-refractivity contribution >= 4 is 13.7 Å². The van der Waals surface area contributed by atoms with Crippen LogP contribution >= 0.6 is 7.82 Å². The number of amides is 1. The second-order valence-electron chi connectivity index (χ2n) is 16.0. The second kappa shape index (κ2) is 35.7. The molecule has 52 heavy (non-hydrogen) atoms. The minimum Gasteiger partial charge on any atom is -0.756 e. The molecule has 0 aromatic rings. The lowest BCUT2D eigenvalue weighted by Crippen LogP contribution is -2.45. The minimum absolute atomic E-state index is 0.00164. The number of allylic oxidation sites excluding steroid dienone is 3. The fourth-order valence-electron chi connectivity index (χ4n) is 6.15. The molecule has 0 spiro atoms. The Balaban J connectivity index is 4.45. The molecule has 0 rings (SSSR count). The molecule has 0 bridgehead atoms. The summed E-state index contributed by atoms with van der Waals surface area (Å²) in [6.07, 6.45) is 40.7. The quantitative estimate of drug-likeness (QED) is 0.0280. The highest BCUT2D eigenvalue weighted by Gasteiger charge is 2.23. The van der Waals surface area contributed by atoms with Crippen LogP contribution in [-0.4, -0.2) is 68.5 Å². The highest BCUT2D eigenvalue weighted by atomic mass is 31.2. The molecule has 0 radical (unpaired) electrons. The number of rotatable bonds is 39. The van der Waals surface area contributed by atoms with Crippen molar-refractivity contribution in [1.82, 2.24) is 5.32 Å². The number of quaternary nitrogens is 1. The maximum atomic E-state index is 12.8. The van der Waals surface area contributed by atoms with E-state index in [1.54, 1.807) is 6.08 Å². The Morgan fingerprint density at radius 2 is 1.06 bits per heavy atom. The molecule has 308 valence electrons. The van der Waals surface area contributed by atoms with Crippen molar-refractivity contribution in [2.75, 3.05) is 40.9 Å². The molecule has 2 N–H and O–H groups in total. The van der Waals surface area contributed by atoms with E-state index < -0.39 is 20.0 Å². The van der Waals surface area contributed by atoms with E-state index in [0.29, 0.717) is 17.4 Å². The van der Waals surface area contributed by atoms with E-state index >= 15 is 0 Å². The van der Waals surface area contributed by atoms with Crippen molar-refractivity contribution in [3.05, 3.63) is 24.3 Å². The van der Waals surface area contributed by atoms with E-state index in [-0.39, 0.29) is 19.1 Å². The summed E-state index contributed by atoms with van der Waals surface area (Å²) in [6.45, 7) is 4.62. The van der Waals surface area contributed by atoms with Gasteiger partial charge in [-0.15, -0.1) is 0 Å². The van der Waals surface area contributed by atoms with Gasteiger partial charge in [-0.2, -0.15) is 0 Å². The first-order chi connectivity index (χ1) is 25.0. The molecular weight excluding hydrogens is 671 g/mol. The van der Waals surface area contributed by atoms with E-state index in [0.717, 1.165) is 51.4 Å². The summed E-state index contributed by atoms with van der Waals surface area (Å²) in [5.41, 5.74) is 0. The van der Waals surface area contributed by atoms with Gasteiger partial charge in [-0.05, 0) is 44.9 Å². The van der Waals surface area contributed by atoms with E-state index in [2.05, 4.69) is 31.3 Å². The molecule has 0 aromatic carbocycles. The number of carbonyl (C=O) groups is 1. The molecular formula is C43H85N2O6P. The van der Waals surface area contributed by atoms with Crippen LogP contribution in [0.25, 0.3) is 0 Å². The third-order valence-corrected chi connectivity index (χ3v) is 10.6. The first-order valence-electron chi connectivity index (χ1n) is 21.7. The Morgan fingerprint density at radius 3 is 1.52 bits per heavy atom. The van der Waals surface area contributed by atoms with Crippen LogP contribution in [0.1, 0.15) is 194 Å². The zero-order chi connectivity index (χ0) is 38.6. The number of nitrogens with one attached hydrogen (secondary N) is 1. The summed E-state index contributed by atoms with van der Waals surface area (Å²) in [6, 6.07) is -0.886. The van der Waals surface area contributed by atoms with Crippen LogP contribution in [0.3, 0.4) is 0 Å². The summed E-state index contributed by atoms with van der Waals surface area (Å²) in [4.78, 5) is 25.2. The monoisotopic (exact) mass is 757 g/mol. The van der Waals surface area contributed by atoms with Gasteiger partial charge < -0.3 is 28.8 Å². The second-order valence-corrected chi connectivity index (χ2v) is 17.5. The van der Waals surface area contributed by atoms with Crippen LogP contribution in [0.4, 0.5) is 0 Å². The molecule has 0 heterocycles. The molecule has 8 nitrogen and oxygen atoms in total. The number of hydrogen-bond acceptors (Lipinski definition) is 6. The lowest BCUT2D eigenvalue weighted by molar-refractivity contribution is -0.870. The van der Waals surface area contributed by atoms with Crippen LogP contribution in [0, 0.1) is 0 Å². The van der Waals surface area contributed by atoms with Gasteiger partial charge in [-0.1, -0.05) is 167 Å². The average Bonchev–Trinajstić information content (AvgIpc) is 3.09. The molecule has 0 fully saturated rings. The number of unbranched alkanes of at least 4 members (excludes halogenated alkanes) is 24. The summed E-state index contributed by atoms with van der Waals surface area (Å²) < 4.78 is 23.2. The van der Waals surface area contributed by atoms with Gasteiger partial charge in [0.25, 0.3) is 7.82 Å². The van der Waals surface area contributed by atoms with Crippen molar-refractivity contribution in [3.8, 4) is 0 Å².